The molecular weight excluding hydrogens is 351 g/mol. The Morgan fingerprint density at radius 1 is 1.00 bits per heavy atom. The predicted octanol–water partition coefficient (Wildman–Crippen LogP) is 5.51. The van der Waals surface area contributed by atoms with Crippen LogP contribution in [0.5, 0.6) is 5.75 Å². The third-order valence-electron chi connectivity index (χ3n) is 2.46. The summed E-state index contributed by atoms with van der Waals surface area (Å²) < 4.78 is 37.5. The molecule has 0 radical (unpaired) electrons. The molecule has 0 saturated heterocycles. The molecule has 1 aromatic carbocycles. The molecule has 112 valence electrons. The lowest BCUT2D eigenvalue weighted by molar-refractivity contribution is -0.137. The maximum absolute atomic E-state index is 12.5. The number of nitrogens with zero attached hydrogens (tertiary/aromatic N) is 1. The Kier molecular flexibility index (Phi) is 4.41. The number of phenolic OH excluding ortho intramolecular Hbond substituents is 1. The zero-order valence-corrected chi connectivity index (χ0v) is 12.2. The van der Waals surface area contributed by atoms with Crippen molar-refractivity contribution in [1.29, 1.82) is 0 Å². The van der Waals surface area contributed by atoms with E-state index in [9.17, 15) is 18.3 Å². The van der Waals surface area contributed by atoms with Crippen molar-refractivity contribution in [3.8, 4) is 5.75 Å². The lowest BCUT2D eigenvalue weighted by Crippen LogP contribution is -2.06. The monoisotopic (exact) mass is 356 g/mol. The highest BCUT2D eigenvalue weighted by Gasteiger charge is 2.31. The molecule has 0 atom stereocenters. The zero-order chi connectivity index (χ0) is 15.8. The van der Waals surface area contributed by atoms with E-state index >= 15 is 0 Å². The zero-order valence-electron chi connectivity index (χ0n) is 9.97. The molecule has 2 N–H and O–H groups in total. The summed E-state index contributed by atoms with van der Waals surface area (Å²) in [5.74, 6) is -0.244. The van der Waals surface area contributed by atoms with E-state index in [1.165, 1.54) is 12.1 Å². The van der Waals surface area contributed by atoms with Gasteiger partial charge in [-0.1, -0.05) is 34.8 Å². The third-order valence-corrected chi connectivity index (χ3v) is 3.36. The van der Waals surface area contributed by atoms with Crippen LogP contribution < -0.4 is 5.32 Å². The quantitative estimate of drug-likeness (QED) is 0.697. The molecule has 0 aliphatic carbocycles. The standard InChI is InChI=1S/C12H6Cl3F3N2O/c13-6-3-10(21)7(14)2-9(6)20-11-8(15)1-5(4-19-11)12(16,17)18/h1-4,21H,(H,19,20). The van der Waals surface area contributed by atoms with Crippen LogP contribution in [0, 0.1) is 0 Å². The first-order chi connectivity index (χ1) is 9.68. The molecule has 0 spiro atoms. The van der Waals surface area contributed by atoms with Crippen molar-refractivity contribution in [1.82, 2.24) is 4.98 Å². The molecular formula is C12H6Cl3F3N2O. The minimum absolute atomic E-state index is 0.0185. The minimum atomic E-state index is -4.53. The normalized spacial score (nSPS) is 11.5. The molecule has 0 aliphatic heterocycles. The second-order valence-electron chi connectivity index (χ2n) is 3.96. The highest BCUT2D eigenvalue weighted by atomic mass is 35.5. The molecule has 0 aliphatic rings. The van der Waals surface area contributed by atoms with Crippen molar-refractivity contribution in [2.24, 2.45) is 0 Å². The fourth-order valence-electron chi connectivity index (χ4n) is 1.44. The van der Waals surface area contributed by atoms with Crippen LogP contribution in [0.25, 0.3) is 0 Å². The molecule has 2 rings (SSSR count). The van der Waals surface area contributed by atoms with Crippen molar-refractivity contribution >= 4 is 46.3 Å². The van der Waals surface area contributed by atoms with Gasteiger partial charge in [0.1, 0.15) is 11.6 Å². The molecule has 0 fully saturated rings. The van der Waals surface area contributed by atoms with Crippen LogP contribution in [0.3, 0.4) is 0 Å². The number of rotatable bonds is 2. The van der Waals surface area contributed by atoms with E-state index in [0.29, 0.717) is 6.20 Å². The summed E-state index contributed by atoms with van der Waals surface area (Å²) in [6.07, 6.45) is -3.89. The second-order valence-corrected chi connectivity index (χ2v) is 5.18. The minimum Gasteiger partial charge on any atom is -0.506 e. The van der Waals surface area contributed by atoms with Gasteiger partial charge in [0.2, 0.25) is 0 Å². The van der Waals surface area contributed by atoms with Gasteiger partial charge in [0.05, 0.1) is 26.3 Å². The van der Waals surface area contributed by atoms with Crippen molar-refractivity contribution in [2.75, 3.05) is 5.32 Å². The lowest BCUT2D eigenvalue weighted by Gasteiger charge is -2.12. The van der Waals surface area contributed by atoms with Gasteiger partial charge in [0.15, 0.2) is 0 Å². The van der Waals surface area contributed by atoms with Gasteiger partial charge >= 0.3 is 6.18 Å². The molecule has 3 nitrogen and oxygen atoms in total. The highest BCUT2D eigenvalue weighted by molar-refractivity contribution is 6.36. The van der Waals surface area contributed by atoms with Crippen LogP contribution in [0.2, 0.25) is 15.1 Å². The maximum Gasteiger partial charge on any atom is 0.417 e. The van der Waals surface area contributed by atoms with E-state index in [4.69, 9.17) is 34.8 Å². The predicted molar refractivity (Wildman–Crippen MR) is 75.7 cm³/mol. The lowest BCUT2D eigenvalue weighted by atomic mass is 10.2. The van der Waals surface area contributed by atoms with E-state index in [1.54, 1.807) is 0 Å². The van der Waals surface area contributed by atoms with Crippen LogP contribution >= 0.6 is 34.8 Å². The number of alkyl halides is 3. The van der Waals surface area contributed by atoms with E-state index in [-0.39, 0.29) is 32.3 Å². The Labute approximate surface area is 132 Å². The van der Waals surface area contributed by atoms with Crippen LogP contribution in [-0.4, -0.2) is 10.1 Å². The summed E-state index contributed by atoms with van der Waals surface area (Å²) in [6, 6.07) is 3.23. The Hall–Kier alpha value is -1.37. The SMILES string of the molecule is Oc1cc(Cl)c(Nc2ncc(C(F)(F)F)cc2Cl)cc1Cl. The molecule has 0 saturated carbocycles. The van der Waals surface area contributed by atoms with Gasteiger partial charge in [-0.25, -0.2) is 4.98 Å². The third kappa shape index (κ3) is 3.64. The van der Waals surface area contributed by atoms with Crippen LogP contribution in [0.1, 0.15) is 5.56 Å². The van der Waals surface area contributed by atoms with Crippen molar-refractivity contribution in [3.63, 3.8) is 0 Å². The van der Waals surface area contributed by atoms with Crippen LogP contribution in [0.15, 0.2) is 24.4 Å². The Morgan fingerprint density at radius 3 is 2.24 bits per heavy atom. The smallest absolute Gasteiger partial charge is 0.417 e. The number of benzene rings is 1. The number of pyridine rings is 1. The Morgan fingerprint density at radius 2 is 1.67 bits per heavy atom. The first-order valence-electron chi connectivity index (χ1n) is 5.36. The number of aromatic hydroxyl groups is 1. The number of nitrogens with one attached hydrogen (secondary N) is 1. The molecule has 1 aromatic heterocycles. The van der Waals surface area contributed by atoms with Crippen molar-refractivity contribution < 1.29 is 18.3 Å². The average molecular weight is 358 g/mol. The van der Waals surface area contributed by atoms with Gasteiger partial charge in [-0.05, 0) is 12.1 Å². The van der Waals surface area contributed by atoms with Crippen molar-refractivity contribution in [3.05, 3.63) is 45.0 Å². The van der Waals surface area contributed by atoms with E-state index in [1.807, 2.05) is 0 Å². The van der Waals surface area contributed by atoms with Gasteiger partial charge in [-0.2, -0.15) is 13.2 Å². The van der Waals surface area contributed by atoms with Gasteiger partial charge in [0, 0.05) is 12.3 Å². The highest BCUT2D eigenvalue weighted by Crippen LogP contribution is 2.37. The molecule has 0 amide bonds. The fraction of sp³-hybridized carbons (Fsp3) is 0.0833. The van der Waals surface area contributed by atoms with E-state index < -0.39 is 11.7 Å². The number of phenols is 1. The van der Waals surface area contributed by atoms with Gasteiger partial charge in [0.25, 0.3) is 0 Å². The number of aromatic nitrogens is 1. The van der Waals surface area contributed by atoms with Crippen LogP contribution in [0.4, 0.5) is 24.7 Å². The molecule has 21 heavy (non-hydrogen) atoms. The maximum atomic E-state index is 12.5. The Bertz CT molecular complexity index is 692. The Balaban J connectivity index is 2.35. The van der Waals surface area contributed by atoms with Crippen LogP contribution in [-0.2, 0) is 6.18 Å². The first kappa shape index (κ1) is 16.0. The second kappa shape index (κ2) is 5.79. The molecule has 0 unspecified atom stereocenters. The number of hydrogen-bond donors (Lipinski definition) is 2. The molecule has 2 aromatic rings. The van der Waals surface area contributed by atoms with Gasteiger partial charge < -0.3 is 10.4 Å². The van der Waals surface area contributed by atoms with Crippen molar-refractivity contribution in [2.45, 2.75) is 6.18 Å². The summed E-state index contributed by atoms with van der Waals surface area (Å²) in [5.41, 5.74) is -0.721. The summed E-state index contributed by atoms with van der Waals surface area (Å²) in [5, 5.41) is 11.9. The fourth-order valence-corrected chi connectivity index (χ4v) is 2.03. The number of anilines is 2. The van der Waals surface area contributed by atoms with Gasteiger partial charge in [-0.3, -0.25) is 0 Å². The van der Waals surface area contributed by atoms with E-state index in [2.05, 4.69) is 10.3 Å². The summed E-state index contributed by atoms with van der Waals surface area (Å²) >= 11 is 17.4. The summed E-state index contributed by atoms with van der Waals surface area (Å²) in [6.45, 7) is 0. The molecule has 0 bridgehead atoms. The number of hydrogen-bond acceptors (Lipinski definition) is 3. The van der Waals surface area contributed by atoms with Gasteiger partial charge in [-0.15, -0.1) is 0 Å². The molecule has 9 heteroatoms. The number of halogens is 6. The summed E-state index contributed by atoms with van der Waals surface area (Å²) in [4.78, 5) is 3.61. The topological polar surface area (TPSA) is 45.1 Å². The molecule has 1 heterocycles. The first-order valence-corrected chi connectivity index (χ1v) is 6.49. The largest absolute Gasteiger partial charge is 0.506 e. The van der Waals surface area contributed by atoms with E-state index in [0.717, 1.165) is 6.07 Å². The average Bonchev–Trinajstić information content (AvgIpc) is 2.36. The summed E-state index contributed by atoms with van der Waals surface area (Å²) in [7, 11) is 0.